The Kier molecular flexibility index (Phi) is 4.59. The first-order valence-electron chi connectivity index (χ1n) is 6.03. The highest BCUT2D eigenvalue weighted by Crippen LogP contribution is 2.13. The van der Waals surface area contributed by atoms with E-state index in [1.54, 1.807) is 36.4 Å². The third kappa shape index (κ3) is 4.84. The number of hydrogen-bond acceptors (Lipinski definition) is 4. The van der Waals surface area contributed by atoms with E-state index in [2.05, 4.69) is 10.3 Å². The Hall–Kier alpha value is -1.92. The van der Waals surface area contributed by atoms with Crippen molar-refractivity contribution in [2.75, 3.05) is 11.6 Å². The first kappa shape index (κ1) is 15.5. The number of hydrogen-bond donors (Lipinski definition) is 1. The molecule has 1 aromatic carbocycles. The van der Waals surface area contributed by atoms with Crippen LogP contribution in [0.15, 0.2) is 42.6 Å². The summed E-state index contributed by atoms with van der Waals surface area (Å²) in [5, 5.41) is 3.09. The summed E-state index contributed by atoms with van der Waals surface area (Å²) in [4.78, 5) is 16.0. The van der Waals surface area contributed by atoms with Gasteiger partial charge in [0.2, 0.25) is 0 Å². The molecule has 0 aliphatic rings. The number of halogens is 1. The van der Waals surface area contributed by atoms with Crippen LogP contribution < -0.4 is 5.32 Å². The van der Waals surface area contributed by atoms with Crippen molar-refractivity contribution in [3.63, 3.8) is 0 Å². The maximum Gasteiger partial charge on any atom is 0.256 e. The van der Waals surface area contributed by atoms with Gasteiger partial charge in [0.25, 0.3) is 5.91 Å². The number of anilines is 1. The van der Waals surface area contributed by atoms with Gasteiger partial charge in [0.1, 0.15) is 5.82 Å². The predicted molar refractivity (Wildman–Crippen MR) is 82.2 cm³/mol. The summed E-state index contributed by atoms with van der Waals surface area (Å²) in [6, 6.07) is 9.66. The third-order valence-corrected chi connectivity index (χ3v) is 3.67. The molecule has 2 rings (SSSR count). The zero-order valence-electron chi connectivity index (χ0n) is 11.2. The summed E-state index contributed by atoms with van der Waals surface area (Å²) >= 11 is 5.72. The molecule has 0 atom stereocenters. The van der Waals surface area contributed by atoms with Crippen molar-refractivity contribution in [2.45, 2.75) is 5.75 Å². The Morgan fingerprint density at radius 3 is 2.67 bits per heavy atom. The summed E-state index contributed by atoms with van der Waals surface area (Å²) in [5.41, 5.74) is 0.933. The van der Waals surface area contributed by atoms with Gasteiger partial charge in [-0.2, -0.15) is 0 Å². The number of rotatable bonds is 4. The first-order chi connectivity index (χ1) is 9.83. The van der Waals surface area contributed by atoms with E-state index < -0.39 is 9.84 Å². The van der Waals surface area contributed by atoms with Crippen LogP contribution >= 0.6 is 11.6 Å². The monoisotopic (exact) mass is 324 g/mol. The summed E-state index contributed by atoms with van der Waals surface area (Å²) in [5.74, 6) is -0.0917. The van der Waals surface area contributed by atoms with E-state index in [4.69, 9.17) is 11.6 Å². The van der Waals surface area contributed by atoms with Crippen LogP contribution in [0.4, 0.5) is 5.82 Å². The van der Waals surface area contributed by atoms with E-state index in [1.807, 2.05) is 0 Å². The van der Waals surface area contributed by atoms with Crippen LogP contribution in [0.2, 0.25) is 5.02 Å². The fourth-order valence-corrected chi connectivity index (χ4v) is 2.64. The van der Waals surface area contributed by atoms with Crippen molar-refractivity contribution in [3.05, 3.63) is 58.7 Å². The maximum atomic E-state index is 12.1. The minimum atomic E-state index is -3.14. The Labute approximate surface area is 127 Å². The van der Waals surface area contributed by atoms with Gasteiger partial charge in [-0.15, -0.1) is 0 Å². The van der Waals surface area contributed by atoms with Gasteiger partial charge in [-0.3, -0.25) is 4.79 Å². The molecule has 0 aliphatic carbocycles. The highest BCUT2D eigenvalue weighted by Gasteiger charge is 2.10. The fraction of sp³-hybridized carbons (Fsp3) is 0.143. The standard InChI is InChI=1S/C14H13ClN2O3S/c1-21(19,20)9-10-3-2-4-11(7-10)14(18)17-13-6-5-12(15)8-16-13/h2-8H,9H2,1H3,(H,16,17,18). The number of aromatic nitrogens is 1. The first-order valence-corrected chi connectivity index (χ1v) is 8.47. The lowest BCUT2D eigenvalue weighted by Gasteiger charge is -2.06. The van der Waals surface area contributed by atoms with E-state index in [0.29, 0.717) is 22.0 Å². The predicted octanol–water partition coefficient (Wildman–Crippen LogP) is 2.53. The van der Waals surface area contributed by atoms with E-state index in [0.717, 1.165) is 6.26 Å². The van der Waals surface area contributed by atoms with Crippen LogP contribution in [0.5, 0.6) is 0 Å². The summed E-state index contributed by atoms with van der Waals surface area (Å²) in [6.07, 6.45) is 2.58. The SMILES string of the molecule is CS(=O)(=O)Cc1cccc(C(=O)Nc2ccc(Cl)cn2)c1. The minimum absolute atomic E-state index is 0.104. The molecule has 0 spiro atoms. The molecule has 0 radical (unpaired) electrons. The van der Waals surface area contributed by atoms with Crippen LogP contribution in [0.25, 0.3) is 0 Å². The number of amides is 1. The van der Waals surface area contributed by atoms with Crippen LogP contribution in [0.1, 0.15) is 15.9 Å². The lowest BCUT2D eigenvalue weighted by molar-refractivity contribution is 0.102. The number of carbonyl (C=O) groups excluding carboxylic acids is 1. The molecule has 0 fully saturated rings. The van der Waals surface area contributed by atoms with E-state index in [-0.39, 0.29) is 11.7 Å². The van der Waals surface area contributed by atoms with Crippen molar-refractivity contribution in [1.82, 2.24) is 4.98 Å². The highest BCUT2D eigenvalue weighted by molar-refractivity contribution is 7.89. The second-order valence-corrected chi connectivity index (χ2v) is 7.16. The van der Waals surface area contributed by atoms with E-state index >= 15 is 0 Å². The van der Waals surface area contributed by atoms with Gasteiger partial charge in [-0.05, 0) is 29.8 Å². The normalized spacial score (nSPS) is 11.1. The van der Waals surface area contributed by atoms with Gasteiger partial charge in [-0.1, -0.05) is 23.7 Å². The average molecular weight is 325 g/mol. The molecule has 0 bridgehead atoms. The number of nitrogens with one attached hydrogen (secondary N) is 1. The number of pyridine rings is 1. The van der Waals surface area contributed by atoms with Gasteiger partial charge in [0.05, 0.1) is 10.8 Å². The van der Waals surface area contributed by atoms with Crippen LogP contribution in [0.3, 0.4) is 0 Å². The number of sulfone groups is 1. The van der Waals surface area contributed by atoms with Crippen LogP contribution in [-0.4, -0.2) is 25.6 Å². The molecule has 2 aromatic rings. The maximum absolute atomic E-state index is 12.1. The van der Waals surface area contributed by atoms with Gasteiger partial charge in [0.15, 0.2) is 9.84 Å². The Balaban J connectivity index is 2.16. The second kappa shape index (κ2) is 6.24. The molecule has 110 valence electrons. The van der Waals surface area contributed by atoms with Gasteiger partial charge in [0, 0.05) is 18.0 Å². The molecule has 1 N–H and O–H groups in total. The summed E-state index contributed by atoms with van der Waals surface area (Å²) in [7, 11) is -3.14. The molecular weight excluding hydrogens is 312 g/mol. The van der Waals surface area contributed by atoms with E-state index in [9.17, 15) is 13.2 Å². The zero-order valence-corrected chi connectivity index (χ0v) is 12.8. The molecule has 7 heteroatoms. The second-order valence-electron chi connectivity index (χ2n) is 4.59. The molecule has 21 heavy (non-hydrogen) atoms. The molecule has 0 unspecified atom stereocenters. The van der Waals surface area contributed by atoms with Crippen molar-refractivity contribution >= 4 is 33.2 Å². The molecule has 5 nitrogen and oxygen atoms in total. The van der Waals surface area contributed by atoms with Gasteiger partial charge < -0.3 is 5.32 Å². The number of nitrogens with zero attached hydrogens (tertiary/aromatic N) is 1. The number of benzene rings is 1. The van der Waals surface area contributed by atoms with Crippen molar-refractivity contribution in [3.8, 4) is 0 Å². The van der Waals surface area contributed by atoms with Crippen molar-refractivity contribution in [1.29, 1.82) is 0 Å². The average Bonchev–Trinajstić information content (AvgIpc) is 2.40. The third-order valence-electron chi connectivity index (χ3n) is 2.59. The molecule has 0 saturated carbocycles. The molecule has 0 saturated heterocycles. The number of carbonyl (C=O) groups is 1. The Morgan fingerprint density at radius 1 is 1.29 bits per heavy atom. The molecule has 1 heterocycles. The van der Waals surface area contributed by atoms with Crippen molar-refractivity contribution < 1.29 is 13.2 Å². The molecule has 1 amide bonds. The zero-order chi connectivity index (χ0) is 15.5. The van der Waals surface area contributed by atoms with Crippen molar-refractivity contribution in [2.24, 2.45) is 0 Å². The Morgan fingerprint density at radius 2 is 2.05 bits per heavy atom. The highest BCUT2D eigenvalue weighted by atomic mass is 35.5. The largest absolute Gasteiger partial charge is 0.307 e. The quantitative estimate of drug-likeness (QED) is 0.937. The lowest BCUT2D eigenvalue weighted by Crippen LogP contribution is -2.13. The minimum Gasteiger partial charge on any atom is -0.307 e. The lowest BCUT2D eigenvalue weighted by atomic mass is 10.1. The molecular formula is C14H13ClN2O3S. The topological polar surface area (TPSA) is 76.1 Å². The fourth-order valence-electron chi connectivity index (χ4n) is 1.74. The molecule has 0 aliphatic heterocycles. The molecule has 1 aromatic heterocycles. The Bertz CT molecular complexity index is 758. The summed E-state index contributed by atoms with van der Waals surface area (Å²) < 4.78 is 22.6. The smallest absolute Gasteiger partial charge is 0.256 e. The van der Waals surface area contributed by atoms with Gasteiger partial charge in [-0.25, -0.2) is 13.4 Å². The van der Waals surface area contributed by atoms with Crippen LogP contribution in [-0.2, 0) is 15.6 Å². The van der Waals surface area contributed by atoms with Gasteiger partial charge >= 0.3 is 0 Å². The summed E-state index contributed by atoms with van der Waals surface area (Å²) in [6.45, 7) is 0. The van der Waals surface area contributed by atoms with Crippen LogP contribution in [0, 0.1) is 0 Å². The van der Waals surface area contributed by atoms with E-state index in [1.165, 1.54) is 6.20 Å².